The highest BCUT2D eigenvalue weighted by Crippen LogP contribution is 2.44. The van der Waals surface area contributed by atoms with E-state index in [1.807, 2.05) is 18.2 Å². The van der Waals surface area contributed by atoms with E-state index in [1.54, 1.807) is 0 Å². The Balaban J connectivity index is 1.32. The predicted octanol–water partition coefficient (Wildman–Crippen LogP) is 13.1. The summed E-state index contributed by atoms with van der Waals surface area (Å²) in [5.41, 5.74) is 9.86. The molecule has 0 saturated carbocycles. The molecule has 244 valence electrons. The summed E-state index contributed by atoms with van der Waals surface area (Å²) in [6.07, 6.45) is 5.76. The summed E-state index contributed by atoms with van der Waals surface area (Å²) in [5, 5.41) is 9.79. The molecule has 0 aliphatic carbocycles. The lowest BCUT2D eigenvalue weighted by Gasteiger charge is -2.13. The minimum absolute atomic E-state index is 0.892. The first-order valence-corrected chi connectivity index (χ1v) is 17.6. The summed E-state index contributed by atoms with van der Waals surface area (Å²) in [5.74, 6) is 0.892. The fourth-order valence-electron chi connectivity index (χ4n) is 8.22. The van der Waals surface area contributed by atoms with E-state index in [4.69, 9.17) is 4.98 Å². The molecule has 0 N–H and O–H groups in total. The zero-order valence-corrected chi connectivity index (χ0v) is 28.5. The molecular weight excluding hydrogens is 631 g/mol. The van der Waals surface area contributed by atoms with Crippen LogP contribution in [0, 0.1) is 0 Å². The van der Waals surface area contributed by atoms with Crippen LogP contribution in [0.3, 0.4) is 0 Å². The normalized spacial score (nSPS) is 12.1. The molecule has 0 spiro atoms. The Bertz CT molecular complexity index is 3030. The molecule has 10 rings (SSSR count). The average Bonchev–Trinajstić information content (AvgIpc) is 3.73. The van der Waals surface area contributed by atoms with E-state index in [0.29, 0.717) is 0 Å². The lowest BCUT2D eigenvalue weighted by Crippen LogP contribution is -2.00. The second-order valence-electron chi connectivity index (χ2n) is 13.2. The number of aromatic nitrogens is 3. The van der Waals surface area contributed by atoms with Crippen molar-refractivity contribution in [1.82, 2.24) is 14.1 Å². The van der Waals surface area contributed by atoms with E-state index in [-0.39, 0.29) is 0 Å². The van der Waals surface area contributed by atoms with Gasteiger partial charge < -0.3 is 4.57 Å². The Kier molecular flexibility index (Phi) is 6.80. The SMILES string of the molecule is C=C/C=C(\C=C)n1c2ccccc2c2c3c(ccc4c3ccc3c4c4ccccc4n3-c3cc(-c4ccccc4)cc(-c4ccccc4)n3)ccc21. The highest BCUT2D eigenvalue weighted by atomic mass is 15.1. The molecule has 7 aromatic carbocycles. The molecule has 0 aliphatic rings. The van der Waals surface area contributed by atoms with Crippen LogP contribution in [0.1, 0.15) is 0 Å². The van der Waals surface area contributed by atoms with Gasteiger partial charge >= 0.3 is 0 Å². The summed E-state index contributed by atoms with van der Waals surface area (Å²) in [4.78, 5) is 5.36. The topological polar surface area (TPSA) is 22.8 Å². The van der Waals surface area contributed by atoms with E-state index in [9.17, 15) is 0 Å². The molecule has 0 fully saturated rings. The van der Waals surface area contributed by atoms with Crippen molar-refractivity contribution in [3.05, 3.63) is 189 Å². The number of fused-ring (bicyclic) bond motifs is 11. The zero-order valence-electron chi connectivity index (χ0n) is 28.5. The van der Waals surface area contributed by atoms with Crippen molar-refractivity contribution in [2.24, 2.45) is 0 Å². The number of hydrogen-bond acceptors (Lipinski definition) is 1. The first kappa shape index (κ1) is 29.9. The zero-order chi connectivity index (χ0) is 34.8. The van der Waals surface area contributed by atoms with Crippen LogP contribution in [0.25, 0.3) is 99.1 Å². The average molecular weight is 664 g/mol. The predicted molar refractivity (Wildman–Crippen MR) is 222 cm³/mol. The molecular formula is C49H33N3. The van der Waals surface area contributed by atoms with Gasteiger partial charge in [-0.25, -0.2) is 4.98 Å². The molecule has 3 heterocycles. The van der Waals surface area contributed by atoms with E-state index < -0.39 is 0 Å². The molecule has 0 radical (unpaired) electrons. The minimum atomic E-state index is 0.892. The van der Waals surface area contributed by atoms with Gasteiger partial charge in [0.05, 0.1) is 27.8 Å². The van der Waals surface area contributed by atoms with E-state index >= 15 is 0 Å². The van der Waals surface area contributed by atoms with E-state index in [0.717, 1.165) is 56.0 Å². The second kappa shape index (κ2) is 11.8. The lowest BCUT2D eigenvalue weighted by atomic mass is 9.95. The van der Waals surface area contributed by atoms with Crippen LogP contribution in [-0.2, 0) is 0 Å². The Morgan fingerprint density at radius 2 is 1.10 bits per heavy atom. The number of para-hydroxylation sites is 2. The highest BCUT2D eigenvalue weighted by molar-refractivity contribution is 6.33. The molecule has 0 atom stereocenters. The number of hydrogen-bond donors (Lipinski definition) is 0. The lowest BCUT2D eigenvalue weighted by molar-refractivity contribution is 1.08. The van der Waals surface area contributed by atoms with Gasteiger partial charge in [0, 0.05) is 32.8 Å². The van der Waals surface area contributed by atoms with Gasteiger partial charge in [-0.3, -0.25) is 4.57 Å². The van der Waals surface area contributed by atoms with Gasteiger partial charge in [0.1, 0.15) is 5.82 Å². The second-order valence-corrected chi connectivity index (χ2v) is 13.2. The van der Waals surface area contributed by atoms with Gasteiger partial charge in [0.25, 0.3) is 0 Å². The maximum atomic E-state index is 5.36. The first-order chi connectivity index (χ1) is 25.7. The van der Waals surface area contributed by atoms with Crippen LogP contribution in [0.5, 0.6) is 0 Å². The molecule has 3 heteroatoms. The van der Waals surface area contributed by atoms with Gasteiger partial charge in [-0.15, -0.1) is 0 Å². The summed E-state index contributed by atoms with van der Waals surface area (Å²) in [6.45, 7) is 8.14. The number of pyridine rings is 1. The molecule has 0 amide bonds. The molecule has 10 aromatic rings. The van der Waals surface area contributed by atoms with Crippen LogP contribution >= 0.6 is 0 Å². The molecule has 3 aromatic heterocycles. The quantitative estimate of drug-likeness (QED) is 0.128. The van der Waals surface area contributed by atoms with Crippen molar-refractivity contribution >= 4 is 70.9 Å². The van der Waals surface area contributed by atoms with Crippen molar-refractivity contribution < 1.29 is 0 Å². The summed E-state index contributed by atoms with van der Waals surface area (Å²) >= 11 is 0. The van der Waals surface area contributed by atoms with Gasteiger partial charge in [0.2, 0.25) is 0 Å². The largest absolute Gasteiger partial charge is 0.309 e. The van der Waals surface area contributed by atoms with Crippen LogP contribution in [0.2, 0.25) is 0 Å². The number of rotatable bonds is 6. The van der Waals surface area contributed by atoms with Crippen molar-refractivity contribution in [2.75, 3.05) is 0 Å². The van der Waals surface area contributed by atoms with Crippen LogP contribution in [0.15, 0.2) is 189 Å². The van der Waals surface area contributed by atoms with Crippen LogP contribution < -0.4 is 0 Å². The Labute approximate surface area is 301 Å². The Morgan fingerprint density at radius 3 is 1.85 bits per heavy atom. The van der Waals surface area contributed by atoms with Crippen LogP contribution in [0.4, 0.5) is 0 Å². The standard InChI is InChI=1S/C49H33N3/c1-3-15-36(4-2)51-42-22-13-12-21-40(42)49-45(51)28-25-34-24-26-38-37(47(34)49)27-29-44-48(38)39-20-11-14-23-43(39)52(44)46-31-35(32-16-7-5-8-17-32)30-41(50-46)33-18-9-6-10-19-33/h3-31H,1-2H2/b36-15+. The third-order valence-corrected chi connectivity index (χ3v) is 10.4. The maximum Gasteiger partial charge on any atom is 0.138 e. The molecule has 0 aliphatic heterocycles. The Morgan fingerprint density at radius 1 is 0.481 bits per heavy atom. The first-order valence-electron chi connectivity index (χ1n) is 17.6. The molecule has 0 bridgehead atoms. The van der Waals surface area contributed by atoms with Gasteiger partial charge in [-0.2, -0.15) is 0 Å². The summed E-state index contributed by atoms with van der Waals surface area (Å²) in [7, 11) is 0. The summed E-state index contributed by atoms with van der Waals surface area (Å²) in [6, 6.07) is 56.6. The van der Waals surface area contributed by atoms with Gasteiger partial charge in [-0.1, -0.05) is 141 Å². The van der Waals surface area contributed by atoms with Crippen molar-refractivity contribution in [1.29, 1.82) is 0 Å². The third-order valence-electron chi connectivity index (χ3n) is 10.4. The number of allylic oxidation sites excluding steroid dienone is 4. The fraction of sp³-hybridized carbons (Fsp3) is 0. The van der Waals surface area contributed by atoms with Gasteiger partial charge in [0.15, 0.2) is 0 Å². The third kappa shape index (κ3) is 4.43. The monoisotopic (exact) mass is 663 g/mol. The van der Waals surface area contributed by atoms with E-state index in [1.165, 1.54) is 43.1 Å². The number of benzene rings is 7. The smallest absolute Gasteiger partial charge is 0.138 e. The van der Waals surface area contributed by atoms with Crippen molar-refractivity contribution in [2.45, 2.75) is 0 Å². The molecule has 52 heavy (non-hydrogen) atoms. The minimum Gasteiger partial charge on any atom is -0.309 e. The highest BCUT2D eigenvalue weighted by Gasteiger charge is 2.20. The summed E-state index contributed by atoms with van der Waals surface area (Å²) < 4.78 is 4.65. The Hall–Kier alpha value is -6.97. The van der Waals surface area contributed by atoms with Gasteiger partial charge in [-0.05, 0) is 81.2 Å². The van der Waals surface area contributed by atoms with Crippen LogP contribution in [-0.4, -0.2) is 14.1 Å². The fourth-order valence-corrected chi connectivity index (χ4v) is 8.22. The maximum absolute atomic E-state index is 5.36. The van der Waals surface area contributed by atoms with Crippen molar-refractivity contribution in [3.63, 3.8) is 0 Å². The molecule has 0 unspecified atom stereocenters. The number of nitrogens with zero attached hydrogens (tertiary/aromatic N) is 3. The molecule has 0 saturated heterocycles. The molecule has 3 nitrogen and oxygen atoms in total. The van der Waals surface area contributed by atoms with E-state index in [2.05, 4.69) is 180 Å². The van der Waals surface area contributed by atoms with Crippen molar-refractivity contribution in [3.8, 4) is 28.2 Å².